The molecule has 3 aromatic rings. The van der Waals surface area contributed by atoms with Crippen molar-refractivity contribution in [2.45, 2.75) is 45.3 Å². The van der Waals surface area contributed by atoms with Crippen molar-refractivity contribution in [2.75, 3.05) is 31.3 Å². The first kappa shape index (κ1) is 31.5. The van der Waals surface area contributed by atoms with Crippen LogP contribution < -0.4 is 19.1 Å². The number of carbonyl (C=O) groups is 2. The monoisotopic (exact) mass is 581 g/mol. The highest BCUT2D eigenvalue weighted by Crippen LogP contribution is 2.32. The lowest BCUT2D eigenvalue weighted by Gasteiger charge is -2.34. The summed E-state index contributed by atoms with van der Waals surface area (Å²) in [6.45, 7) is 3.48. The molecule has 0 radical (unpaired) electrons. The lowest BCUT2D eigenvalue weighted by molar-refractivity contribution is -0.140. The van der Waals surface area contributed by atoms with E-state index < -0.39 is 28.5 Å². The minimum Gasteiger partial charge on any atom is -0.493 e. The summed E-state index contributed by atoms with van der Waals surface area (Å²) in [5, 5.41) is 3.02. The third kappa shape index (κ3) is 8.72. The SMILES string of the molecule is CC[C@@H](C)NC(=O)[C@@H](Cc1ccccc1)N(Cc1ccccc1)C(=O)CN(c1ccc(OC)c(OC)c1)S(C)(=O)=O. The van der Waals surface area contributed by atoms with Crippen LogP contribution in [0.15, 0.2) is 78.9 Å². The molecule has 220 valence electrons. The van der Waals surface area contributed by atoms with E-state index in [1.807, 2.05) is 74.5 Å². The van der Waals surface area contributed by atoms with Crippen LogP contribution in [-0.2, 0) is 32.6 Å². The Labute approximate surface area is 243 Å². The summed E-state index contributed by atoms with van der Waals surface area (Å²) in [7, 11) is -0.975. The van der Waals surface area contributed by atoms with E-state index in [0.29, 0.717) is 11.5 Å². The average molecular weight is 582 g/mol. The second-order valence-corrected chi connectivity index (χ2v) is 11.7. The van der Waals surface area contributed by atoms with Gasteiger partial charge in [0, 0.05) is 25.1 Å². The van der Waals surface area contributed by atoms with Gasteiger partial charge in [-0.2, -0.15) is 0 Å². The molecule has 3 rings (SSSR count). The van der Waals surface area contributed by atoms with Crippen LogP contribution >= 0.6 is 0 Å². The highest BCUT2D eigenvalue weighted by atomic mass is 32.2. The molecule has 2 amide bonds. The Morgan fingerprint density at radius 3 is 2.00 bits per heavy atom. The smallest absolute Gasteiger partial charge is 0.244 e. The van der Waals surface area contributed by atoms with Crippen molar-refractivity contribution in [1.29, 1.82) is 0 Å². The van der Waals surface area contributed by atoms with Gasteiger partial charge in [0.25, 0.3) is 0 Å². The van der Waals surface area contributed by atoms with Crippen molar-refractivity contribution < 1.29 is 27.5 Å². The Bertz CT molecular complexity index is 1400. The molecule has 41 heavy (non-hydrogen) atoms. The summed E-state index contributed by atoms with van der Waals surface area (Å²) in [6, 6.07) is 22.4. The van der Waals surface area contributed by atoms with Crippen LogP contribution in [0.5, 0.6) is 11.5 Å². The maximum Gasteiger partial charge on any atom is 0.244 e. The van der Waals surface area contributed by atoms with Crippen molar-refractivity contribution in [2.24, 2.45) is 0 Å². The van der Waals surface area contributed by atoms with Gasteiger partial charge in [-0.05, 0) is 36.6 Å². The third-order valence-corrected chi connectivity index (χ3v) is 7.94. The fraction of sp³-hybridized carbons (Fsp3) is 0.355. The molecule has 0 spiro atoms. The molecule has 0 aromatic heterocycles. The Morgan fingerprint density at radius 1 is 0.878 bits per heavy atom. The van der Waals surface area contributed by atoms with E-state index >= 15 is 0 Å². The molecule has 0 aliphatic carbocycles. The number of anilines is 1. The number of nitrogens with one attached hydrogen (secondary N) is 1. The van der Waals surface area contributed by atoms with Crippen LogP contribution in [0.3, 0.4) is 0 Å². The van der Waals surface area contributed by atoms with E-state index in [1.165, 1.54) is 25.2 Å². The van der Waals surface area contributed by atoms with E-state index in [4.69, 9.17) is 9.47 Å². The molecular weight excluding hydrogens is 542 g/mol. The first-order valence-electron chi connectivity index (χ1n) is 13.4. The largest absolute Gasteiger partial charge is 0.493 e. The summed E-state index contributed by atoms with van der Waals surface area (Å²) in [6.07, 6.45) is 2.02. The third-order valence-electron chi connectivity index (χ3n) is 6.80. The van der Waals surface area contributed by atoms with Crippen molar-refractivity contribution >= 4 is 27.5 Å². The quantitative estimate of drug-likeness (QED) is 0.308. The predicted molar refractivity (Wildman–Crippen MR) is 161 cm³/mol. The molecule has 0 bridgehead atoms. The Morgan fingerprint density at radius 2 is 1.46 bits per heavy atom. The molecular formula is C31H39N3O6S. The average Bonchev–Trinajstić information content (AvgIpc) is 2.97. The van der Waals surface area contributed by atoms with Crippen LogP contribution in [0.1, 0.15) is 31.4 Å². The van der Waals surface area contributed by atoms with Crippen molar-refractivity contribution in [3.8, 4) is 11.5 Å². The first-order valence-corrected chi connectivity index (χ1v) is 15.3. The summed E-state index contributed by atoms with van der Waals surface area (Å²) >= 11 is 0. The van der Waals surface area contributed by atoms with E-state index in [0.717, 1.165) is 28.1 Å². The van der Waals surface area contributed by atoms with E-state index in [2.05, 4.69) is 5.32 Å². The molecule has 0 aliphatic rings. The zero-order valence-corrected chi connectivity index (χ0v) is 25.1. The van der Waals surface area contributed by atoms with Crippen molar-refractivity contribution in [3.63, 3.8) is 0 Å². The van der Waals surface area contributed by atoms with Crippen LogP contribution in [0.2, 0.25) is 0 Å². The van der Waals surface area contributed by atoms with Gasteiger partial charge in [0.2, 0.25) is 21.8 Å². The topological polar surface area (TPSA) is 105 Å². The number of nitrogens with zero attached hydrogens (tertiary/aromatic N) is 2. The lowest BCUT2D eigenvalue weighted by atomic mass is 10.0. The van der Waals surface area contributed by atoms with E-state index in [-0.39, 0.29) is 30.6 Å². The minimum atomic E-state index is -3.90. The van der Waals surface area contributed by atoms with Crippen LogP contribution in [0.4, 0.5) is 5.69 Å². The highest BCUT2D eigenvalue weighted by molar-refractivity contribution is 7.92. The number of benzene rings is 3. The molecule has 3 aromatic carbocycles. The molecule has 2 atom stereocenters. The van der Waals surface area contributed by atoms with Gasteiger partial charge < -0.3 is 19.7 Å². The lowest BCUT2D eigenvalue weighted by Crippen LogP contribution is -2.54. The Balaban J connectivity index is 2.06. The van der Waals surface area contributed by atoms with Gasteiger partial charge in [0.15, 0.2) is 11.5 Å². The van der Waals surface area contributed by atoms with Crippen LogP contribution in [0, 0.1) is 0 Å². The predicted octanol–water partition coefficient (Wildman–Crippen LogP) is 4.02. The van der Waals surface area contributed by atoms with Gasteiger partial charge in [0.05, 0.1) is 26.2 Å². The maximum absolute atomic E-state index is 14.1. The van der Waals surface area contributed by atoms with Crippen LogP contribution in [-0.4, -0.2) is 64.2 Å². The number of hydrogen-bond acceptors (Lipinski definition) is 6. The van der Waals surface area contributed by atoms with Crippen molar-refractivity contribution in [3.05, 3.63) is 90.0 Å². The number of hydrogen-bond donors (Lipinski definition) is 1. The molecule has 0 saturated heterocycles. The molecule has 0 aliphatic heterocycles. The second-order valence-electron chi connectivity index (χ2n) is 9.84. The minimum absolute atomic E-state index is 0.103. The number of amides is 2. The van der Waals surface area contributed by atoms with Gasteiger partial charge in [0.1, 0.15) is 12.6 Å². The molecule has 9 nitrogen and oxygen atoms in total. The van der Waals surface area contributed by atoms with Gasteiger partial charge in [-0.25, -0.2) is 8.42 Å². The van der Waals surface area contributed by atoms with E-state index in [1.54, 1.807) is 12.1 Å². The number of sulfonamides is 1. The number of rotatable bonds is 14. The second kappa shape index (κ2) is 14.5. The number of methoxy groups -OCH3 is 2. The standard InChI is InChI=1S/C31H39N3O6S/c1-6-23(2)32-31(36)27(19-24-13-9-7-10-14-24)33(21-25-15-11-8-12-16-25)30(35)22-34(41(5,37)38)26-17-18-28(39-3)29(20-26)40-4/h7-18,20,23,27H,6,19,21-22H2,1-5H3,(H,32,36)/t23-,27-/m1/s1. The number of ether oxygens (including phenoxy) is 2. The first-order chi connectivity index (χ1) is 19.6. The zero-order chi connectivity index (χ0) is 30.0. The summed E-state index contributed by atoms with van der Waals surface area (Å²) < 4.78 is 37.6. The molecule has 0 fully saturated rings. The fourth-order valence-electron chi connectivity index (χ4n) is 4.37. The molecule has 0 heterocycles. The molecule has 0 unspecified atom stereocenters. The van der Waals surface area contributed by atoms with Crippen LogP contribution in [0.25, 0.3) is 0 Å². The Hall–Kier alpha value is -4.05. The maximum atomic E-state index is 14.1. The van der Waals surface area contributed by atoms with Gasteiger partial charge in [-0.1, -0.05) is 67.6 Å². The highest BCUT2D eigenvalue weighted by Gasteiger charge is 2.33. The van der Waals surface area contributed by atoms with Gasteiger partial charge in [-0.15, -0.1) is 0 Å². The zero-order valence-electron chi connectivity index (χ0n) is 24.2. The summed E-state index contributed by atoms with van der Waals surface area (Å²) in [4.78, 5) is 29.3. The molecule has 1 N–H and O–H groups in total. The van der Waals surface area contributed by atoms with E-state index in [9.17, 15) is 18.0 Å². The van der Waals surface area contributed by atoms with Gasteiger partial charge in [-0.3, -0.25) is 13.9 Å². The normalized spacial score (nSPS) is 12.6. The Kier molecular flexibility index (Phi) is 11.2. The summed E-state index contributed by atoms with van der Waals surface area (Å²) in [5.41, 5.74) is 1.93. The fourth-order valence-corrected chi connectivity index (χ4v) is 5.21. The number of carbonyl (C=O) groups excluding carboxylic acids is 2. The van der Waals surface area contributed by atoms with Gasteiger partial charge >= 0.3 is 0 Å². The van der Waals surface area contributed by atoms with Crippen molar-refractivity contribution in [1.82, 2.24) is 10.2 Å². The molecule has 10 heteroatoms. The molecule has 0 saturated carbocycles. The summed E-state index contributed by atoms with van der Waals surface area (Å²) in [5.74, 6) is -0.0766.